The minimum atomic E-state index is -3.53. The maximum absolute atomic E-state index is 13.1. The highest BCUT2D eigenvalue weighted by atomic mass is 32.2. The Morgan fingerprint density at radius 2 is 1.44 bits per heavy atom. The van der Waals surface area contributed by atoms with Crippen molar-refractivity contribution in [2.75, 3.05) is 10.8 Å². The van der Waals surface area contributed by atoms with Crippen LogP contribution in [0.3, 0.4) is 0 Å². The number of anilines is 1. The predicted molar refractivity (Wildman–Crippen MR) is 106 cm³/mol. The topological polar surface area (TPSA) is 37.4 Å². The van der Waals surface area contributed by atoms with Gasteiger partial charge in [-0.15, -0.1) is 0 Å². The van der Waals surface area contributed by atoms with Gasteiger partial charge in [0.2, 0.25) is 0 Å². The first kappa shape index (κ1) is 19.5. The van der Waals surface area contributed by atoms with E-state index in [0.29, 0.717) is 11.4 Å². The second kappa shape index (κ2) is 9.62. The first-order chi connectivity index (χ1) is 12.1. The summed E-state index contributed by atoms with van der Waals surface area (Å²) >= 11 is 0. The Hall–Kier alpha value is -1.81. The Bertz CT molecular complexity index is 724. The largest absolute Gasteiger partial charge is 0.266 e. The zero-order chi connectivity index (χ0) is 18.1. The van der Waals surface area contributed by atoms with Crippen LogP contribution in [0, 0.1) is 0 Å². The van der Waals surface area contributed by atoms with E-state index in [4.69, 9.17) is 0 Å². The highest BCUT2D eigenvalue weighted by Gasteiger charge is 2.24. The van der Waals surface area contributed by atoms with Crippen LogP contribution in [0.25, 0.3) is 0 Å². The van der Waals surface area contributed by atoms with Gasteiger partial charge in [0.15, 0.2) is 0 Å². The molecule has 0 unspecified atom stereocenters. The minimum Gasteiger partial charge on any atom is -0.266 e. The second-order valence-electron chi connectivity index (χ2n) is 6.37. The fourth-order valence-electron chi connectivity index (χ4n) is 2.82. The van der Waals surface area contributed by atoms with Gasteiger partial charge in [0.05, 0.1) is 10.6 Å². The van der Waals surface area contributed by atoms with E-state index in [0.717, 1.165) is 31.4 Å². The summed E-state index contributed by atoms with van der Waals surface area (Å²) in [4.78, 5) is 0.367. The van der Waals surface area contributed by atoms with Crippen LogP contribution in [0.1, 0.15) is 51.5 Å². The van der Waals surface area contributed by atoms with Crippen LogP contribution in [0.2, 0.25) is 0 Å². The maximum Gasteiger partial charge on any atom is 0.264 e. The van der Waals surface area contributed by atoms with Crippen molar-refractivity contribution in [3.8, 4) is 0 Å². The molecular formula is C21H29NO2S. The summed E-state index contributed by atoms with van der Waals surface area (Å²) < 4.78 is 27.8. The summed E-state index contributed by atoms with van der Waals surface area (Å²) in [5.74, 6) is 0. The van der Waals surface area contributed by atoms with E-state index < -0.39 is 10.0 Å². The number of hydrogen-bond donors (Lipinski definition) is 0. The monoisotopic (exact) mass is 359 g/mol. The zero-order valence-corrected chi connectivity index (χ0v) is 16.1. The molecule has 0 aliphatic rings. The van der Waals surface area contributed by atoms with Crippen LogP contribution in [-0.2, 0) is 16.4 Å². The van der Waals surface area contributed by atoms with E-state index in [1.807, 2.05) is 42.5 Å². The molecule has 0 aliphatic carbocycles. The number of sulfonamides is 1. The average molecular weight is 360 g/mol. The molecule has 0 bridgehead atoms. The van der Waals surface area contributed by atoms with Crippen molar-refractivity contribution in [2.24, 2.45) is 0 Å². The van der Waals surface area contributed by atoms with Gasteiger partial charge in [-0.3, -0.25) is 4.31 Å². The van der Waals surface area contributed by atoms with Gasteiger partial charge in [-0.2, -0.15) is 0 Å². The summed E-state index contributed by atoms with van der Waals surface area (Å²) in [6.45, 7) is 4.76. The first-order valence-electron chi connectivity index (χ1n) is 9.26. The average Bonchev–Trinajstić information content (AvgIpc) is 2.63. The Morgan fingerprint density at radius 3 is 2.04 bits per heavy atom. The number of hydrogen-bond acceptors (Lipinski definition) is 2. The Kier molecular flexibility index (Phi) is 7.51. The molecule has 0 spiro atoms. The number of aryl methyl sites for hydroxylation is 1. The molecule has 0 aromatic heterocycles. The molecule has 0 atom stereocenters. The van der Waals surface area contributed by atoms with E-state index in [9.17, 15) is 8.42 Å². The van der Waals surface area contributed by atoms with Gasteiger partial charge >= 0.3 is 0 Å². The maximum atomic E-state index is 13.1. The first-order valence-corrected chi connectivity index (χ1v) is 10.7. The van der Waals surface area contributed by atoms with Crippen molar-refractivity contribution in [2.45, 2.75) is 57.3 Å². The molecule has 0 saturated carbocycles. The number of unbranched alkanes of at least 4 members (excludes halogenated alkanes) is 3. The van der Waals surface area contributed by atoms with E-state index in [2.05, 4.69) is 13.8 Å². The summed E-state index contributed by atoms with van der Waals surface area (Å²) in [5, 5.41) is 0. The molecule has 0 amide bonds. The van der Waals surface area contributed by atoms with Gasteiger partial charge in [-0.25, -0.2) is 8.42 Å². The third-order valence-electron chi connectivity index (χ3n) is 4.34. The Balaban J connectivity index is 2.24. The third kappa shape index (κ3) is 5.33. The predicted octanol–water partition coefficient (Wildman–Crippen LogP) is 5.41. The van der Waals surface area contributed by atoms with Crippen molar-refractivity contribution in [3.05, 3.63) is 60.2 Å². The van der Waals surface area contributed by atoms with Crippen molar-refractivity contribution in [1.29, 1.82) is 0 Å². The van der Waals surface area contributed by atoms with Crippen molar-refractivity contribution in [1.82, 2.24) is 0 Å². The molecule has 0 aliphatic heterocycles. The lowest BCUT2D eigenvalue weighted by Crippen LogP contribution is -2.32. The molecule has 0 saturated heterocycles. The Labute approximate surface area is 152 Å². The van der Waals surface area contributed by atoms with Crippen LogP contribution < -0.4 is 4.31 Å². The van der Waals surface area contributed by atoms with Gasteiger partial charge in [0.1, 0.15) is 0 Å². The summed E-state index contributed by atoms with van der Waals surface area (Å²) in [6.07, 6.45) is 6.34. The van der Waals surface area contributed by atoms with Crippen molar-refractivity contribution >= 4 is 15.7 Å². The number of rotatable bonds is 10. The summed E-state index contributed by atoms with van der Waals surface area (Å²) in [5.41, 5.74) is 1.93. The molecule has 2 aromatic carbocycles. The molecule has 0 radical (unpaired) electrons. The van der Waals surface area contributed by atoms with Crippen LogP contribution >= 0.6 is 0 Å². The third-order valence-corrected chi connectivity index (χ3v) is 6.18. The normalized spacial score (nSPS) is 11.4. The minimum absolute atomic E-state index is 0.367. The molecular weight excluding hydrogens is 330 g/mol. The van der Waals surface area contributed by atoms with E-state index in [1.54, 1.807) is 12.1 Å². The van der Waals surface area contributed by atoms with Crippen LogP contribution in [0.5, 0.6) is 0 Å². The SMILES string of the molecule is CCCCCc1ccc(S(=O)(=O)N(CCCC)c2ccccc2)cc1. The summed E-state index contributed by atoms with van der Waals surface area (Å²) in [6, 6.07) is 16.8. The van der Waals surface area contributed by atoms with Crippen molar-refractivity contribution < 1.29 is 8.42 Å². The molecule has 136 valence electrons. The molecule has 3 nitrogen and oxygen atoms in total. The molecule has 25 heavy (non-hydrogen) atoms. The fourth-order valence-corrected chi connectivity index (χ4v) is 4.32. The smallest absolute Gasteiger partial charge is 0.264 e. The lowest BCUT2D eigenvalue weighted by Gasteiger charge is -2.24. The molecule has 0 heterocycles. The van der Waals surface area contributed by atoms with Gasteiger partial charge in [0, 0.05) is 6.54 Å². The second-order valence-corrected chi connectivity index (χ2v) is 8.23. The number of benzene rings is 2. The number of nitrogens with zero attached hydrogens (tertiary/aromatic N) is 1. The van der Waals surface area contributed by atoms with E-state index in [-0.39, 0.29) is 0 Å². The fraction of sp³-hybridized carbons (Fsp3) is 0.429. The zero-order valence-electron chi connectivity index (χ0n) is 15.3. The highest BCUT2D eigenvalue weighted by Crippen LogP contribution is 2.24. The van der Waals surface area contributed by atoms with Crippen LogP contribution in [0.15, 0.2) is 59.5 Å². The highest BCUT2D eigenvalue weighted by molar-refractivity contribution is 7.92. The quantitative estimate of drug-likeness (QED) is 0.532. The van der Waals surface area contributed by atoms with E-state index in [1.165, 1.54) is 22.7 Å². The molecule has 0 N–H and O–H groups in total. The molecule has 2 rings (SSSR count). The molecule has 2 aromatic rings. The summed E-state index contributed by atoms with van der Waals surface area (Å²) in [7, 11) is -3.53. The number of para-hydroxylation sites is 1. The van der Waals surface area contributed by atoms with Gasteiger partial charge in [-0.1, -0.05) is 63.4 Å². The molecule has 0 fully saturated rings. The lowest BCUT2D eigenvalue weighted by atomic mass is 10.1. The van der Waals surface area contributed by atoms with Gasteiger partial charge in [0.25, 0.3) is 10.0 Å². The van der Waals surface area contributed by atoms with Gasteiger partial charge < -0.3 is 0 Å². The van der Waals surface area contributed by atoms with E-state index >= 15 is 0 Å². The lowest BCUT2D eigenvalue weighted by molar-refractivity contribution is 0.588. The van der Waals surface area contributed by atoms with Crippen molar-refractivity contribution in [3.63, 3.8) is 0 Å². The Morgan fingerprint density at radius 1 is 0.800 bits per heavy atom. The molecule has 4 heteroatoms. The van der Waals surface area contributed by atoms with Crippen LogP contribution in [0.4, 0.5) is 5.69 Å². The van der Waals surface area contributed by atoms with Crippen LogP contribution in [-0.4, -0.2) is 15.0 Å². The van der Waals surface area contributed by atoms with Gasteiger partial charge in [-0.05, 0) is 49.1 Å². The standard InChI is InChI=1S/C21H29NO2S/c1-3-5-8-11-19-14-16-21(17-15-19)25(23,24)22(18-6-4-2)20-12-9-7-10-13-20/h7,9-10,12-17H,3-6,8,11,18H2,1-2H3.